The maximum atomic E-state index is 12.5. The highest BCUT2D eigenvalue weighted by molar-refractivity contribution is 6.03. The molecule has 0 atom stereocenters. The van der Waals surface area contributed by atoms with Crippen molar-refractivity contribution in [3.8, 4) is 11.8 Å². The molecule has 5 nitrogen and oxygen atoms in total. The number of nitrogens with one attached hydrogen (secondary N) is 3. The molecule has 0 heterocycles. The van der Waals surface area contributed by atoms with Gasteiger partial charge in [-0.25, -0.2) is 0 Å². The third kappa shape index (κ3) is 5.75. The summed E-state index contributed by atoms with van der Waals surface area (Å²) in [6.45, 7) is 4.32. The maximum Gasteiger partial charge on any atom is 0.269 e. The van der Waals surface area contributed by atoms with Crippen LogP contribution in [0.15, 0.2) is 66.0 Å². The van der Waals surface area contributed by atoms with Crippen molar-refractivity contribution >= 4 is 11.8 Å². The average molecular weight is 361 g/mol. The van der Waals surface area contributed by atoms with Crippen molar-refractivity contribution in [1.29, 1.82) is 0 Å². The highest BCUT2D eigenvalue weighted by Crippen LogP contribution is 2.06. The van der Waals surface area contributed by atoms with Crippen LogP contribution in [0.3, 0.4) is 0 Å². The summed E-state index contributed by atoms with van der Waals surface area (Å²) in [5.41, 5.74) is 3.00. The second kappa shape index (κ2) is 9.83. The highest BCUT2D eigenvalue weighted by atomic mass is 16.2. The Morgan fingerprint density at radius 1 is 0.926 bits per heavy atom. The third-order valence-electron chi connectivity index (χ3n) is 3.78. The summed E-state index contributed by atoms with van der Waals surface area (Å²) >= 11 is 0. The maximum absolute atomic E-state index is 12.5. The first-order valence-corrected chi connectivity index (χ1v) is 8.70. The lowest BCUT2D eigenvalue weighted by Gasteiger charge is -2.13. The summed E-state index contributed by atoms with van der Waals surface area (Å²) in [5, 5.41) is 8.25. The number of likely N-dealkylation sites (N-methyl/N-ethyl adjacent to an activating group) is 1. The Morgan fingerprint density at radius 2 is 1.52 bits per heavy atom. The molecule has 0 aliphatic heterocycles. The molecular weight excluding hydrogens is 338 g/mol. The molecule has 138 valence electrons. The van der Waals surface area contributed by atoms with E-state index in [1.807, 2.05) is 37.3 Å². The van der Waals surface area contributed by atoms with Gasteiger partial charge in [-0.2, -0.15) is 0 Å². The summed E-state index contributed by atoms with van der Waals surface area (Å²) in [6, 6.07) is 16.6. The molecule has 0 unspecified atom stereocenters. The molecule has 2 amide bonds. The van der Waals surface area contributed by atoms with Gasteiger partial charge in [-0.15, -0.1) is 0 Å². The van der Waals surface area contributed by atoms with E-state index in [0.29, 0.717) is 17.8 Å². The van der Waals surface area contributed by atoms with E-state index in [1.165, 1.54) is 7.05 Å². The molecular formula is C22H23N3O2. The number of rotatable bonds is 5. The summed E-state index contributed by atoms with van der Waals surface area (Å²) in [4.78, 5) is 24.5. The van der Waals surface area contributed by atoms with Crippen LogP contribution < -0.4 is 16.0 Å². The van der Waals surface area contributed by atoms with Gasteiger partial charge in [-0.3, -0.25) is 9.59 Å². The monoisotopic (exact) mass is 361 g/mol. The minimum Gasteiger partial charge on any atom is -0.387 e. The second-order valence-corrected chi connectivity index (χ2v) is 5.76. The van der Waals surface area contributed by atoms with E-state index in [-0.39, 0.29) is 17.5 Å². The lowest BCUT2D eigenvalue weighted by molar-refractivity contribution is -0.117. The van der Waals surface area contributed by atoms with Gasteiger partial charge in [-0.1, -0.05) is 30.0 Å². The summed E-state index contributed by atoms with van der Waals surface area (Å²) in [5.74, 6) is 5.43. The largest absolute Gasteiger partial charge is 0.387 e. The van der Waals surface area contributed by atoms with Crippen LogP contribution in [0.25, 0.3) is 0 Å². The number of hydrogen-bond acceptors (Lipinski definition) is 3. The fraction of sp³-hybridized carbons (Fsp3) is 0.182. The molecule has 5 heteroatoms. The molecule has 3 N–H and O–H groups in total. The lowest BCUT2D eigenvalue weighted by atomic mass is 10.1. The first kappa shape index (κ1) is 19.8. The quantitative estimate of drug-likeness (QED) is 0.566. The molecule has 2 aromatic rings. The topological polar surface area (TPSA) is 70.2 Å². The van der Waals surface area contributed by atoms with E-state index < -0.39 is 0 Å². The third-order valence-corrected chi connectivity index (χ3v) is 3.78. The lowest BCUT2D eigenvalue weighted by Crippen LogP contribution is -2.36. The smallest absolute Gasteiger partial charge is 0.269 e. The van der Waals surface area contributed by atoms with Gasteiger partial charge in [0.1, 0.15) is 5.70 Å². The van der Waals surface area contributed by atoms with E-state index in [9.17, 15) is 9.59 Å². The molecule has 0 spiro atoms. The first-order chi connectivity index (χ1) is 13.0. The van der Waals surface area contributed by atoms with Gasteiger partial charge in [0.15, 0.2) is 0 Å². The Morgan fingerprint density at radius 3 is 2.07 bits per heavy atom. The van der Waals surface area contributed by atoms with Crippen molar-refractivity contribution in [1.82, 2.24) is 16.0 Å². The molecule has 0 saturated carbocycles. The van der Waals surface area contributed by atoms with Crippen LogP contribution in [0, 0.1) is 11.8 Å². The van der Waals surface area contributed by atoms with E-state index in [1.54, 1.807) is 31.2 Å². The molecule has 0 fully saturated rings. The fourth-order valence-electron chi connectivity index (χ4n) is 2.36. The zero-order valence-corrected chi connectivity index (χ0v) is 15.7. The number of allylic oxidation sites excluding steroid dienone is 1. The van der Waals surface area contributed by atoms with Gasteiger partial charge in [0, 0.05) is 36.0 Å². The zero-order valence-electron chi connectivity index (χ0n) is 15.7. The SMILES string of the molecule is CCN/C(C)=C(/NC(=O)c1ccc(C#Cc2ccccc2)cc1)C(=O)NC. The van der Waals surface area contributed by atoms with Gasteiger partial charge in [0.05, 0.1) is 0 Å². The minimum atomic E-state index is -0.354. The molecule has 27 heavy (non-hydrogen) atoms. The molecule has 2 aromatic carbocycles. The second-order valence-electron chi connectivity index (χ2n) is 5.76. The fourth-order valence-corrected chi connectivity index (χ4v) is 2.36. The molecule has 0 aromatic heterocycles. The van der Waals surface area contributed by atoms with Crippen LogP contribution in [0.1, 0.15) is 35.3 Å². The van der Waals surface area contributed by atoms with Crippen molar-refractivity contribution in [2.24, 2.45) is 0 Å². The van der Waals surface area contributed by atoms with Crippen molar-refractivity contribution in [2.75, 3.05) is 13.6 Å². The molecule has 0 aliphatic carbocycles. The van der Waals surface area contributed by atoms with Crippen LogP contribution in [0.2, 0.25) is 0 Å². The molecule has 2 rings (SSSR count). The standard InChI is InChI=1S/C22H23N3O2/c1-4-24-16(2)20(22(27)23-3)25-21(26)19-14-12-18(13-15-19)11-10-17-8-6-5-7-9-17/h5-9,12-15,24H,4H2,1-3H3,(H,23,27)(H,25,26)/b20-16+. The number of carbonyl (C=O) groups excluding carboxylic acids is 2. The normalized spacial score (nSPS) is 10.8. The number of hydrogen-bond donors (Lipinski definition) is 3. The Labute approximate surface area is 159 Å². The number of carbonyl (C=O) groups is 2. The predicted octanol–water partition coefficient (Wildman–Crippen LogP) is 2.40. The average Bonchev–Trinajstić information content (AvgIpc) is 2.71. The van der Waals surface area contributed by atoms with E-state index in [2.05, 4.69) is 27.8 Å². The van der Waals surface area contributed by atoms with E-state index in [4.69, 9.17) is 0 Å². The first-order valence-electron chi connectivity index (χ1n) is 8.70. The summed E-state index contributed by atoms with van der Waals surface area (Å²) in [6.07, 6.45) is 0. The zero-order chi connectivity index (χ0) is 19.6. The van der Waals surface area contributed by atoms with Crippen LogP contribution in [-0.4, -0.2) is 25.4 Å². The van der Waals surface area contributed by atoms with Crippen LogP contribution in [-0.2, 0) is 4.79 Å². The van der Waals surface area contributed by atoms with Crippen molar-refractivity contribution in [3.05, 3.63) is 82.7 Å². The van der Waals surface area contributed by atoms with Crippen LogP contribution >= 0.6 is 0 Å². The Balaban J connectivity index is 2.14. The predicted molar refractivity (Wildman–Crippen MR) is 107 cm³/mol. The number of benzene rings is 2. The van der Waals surface area contributed by atoms with Crippen molar-refractivity contribution < 1.29 is 9.59 Å². The van der Waals surface area contributed by atoms with Crippen LogP contribution in [0.5, 0.6) is 0 Å². The van der Waals surface area contributed by atoms with Crippen LogP contribution in [0.4, 0.5) is 0 Å². The Bertz CT molecular complexity index is 889. The Hall–Kier alpha value is -3.52. The number of amides is 2. The summed E-state index contributed by atoms with van der Waals surface area (Å²) < 4.78 is 0. The highest BCUT2D eigenvalue weighted by Gasteiger charge is 2.16. The van der Waals surface area contributed by atoms with Gasteiger partial charge in [0.2, 0.25) is 0 Å². The van der Waals surface area contributed by atoms with Crippen molar-refractivity contribution in [3.63, 3.8) is 0 Å². The van der Waals surface area contributed by atoms with E-state index in [0.717, 1.165) is 11.1 Å². The van der Waals surface area contributed by atoms with Gasteiger partial charge in [0.25, 0.3) is 11.8 Å². The molecule has 0 bridgehead atoms. The molecule has 0 radical (unpaired) electrons. The van der Waals surface area contributed by atoms with Gasteiger partial charge < -0.3 is 16.0 Å². The summed E-state index contributed by atoms with van der Waals surface area (Å²) in [7, 11) is 1.52. The molecule has 0 saturated heterocycles. The minimum absolute atomic E-state index is 0.206. The Kier molecular flexibility index (Phi) is 7.21. The van der Waals surface area contributed by atoms with Crippen molar-refractivity contribution in [2.45, 2.75) is 13.8 Å². The van der Waals surface area contributed by atoms with Gasteiger partial charge >= 0.3 is 0 Å². The van der Waals surface area contributed by atoms with E-state index >= 15 is 0 Å². The van der Waals surface area contributed by atoms with Gasteiger partial charge in [-0.05, 0) is 50.2 Å². The molecule has 0 aliphatic rings.